The van der Waals surface area contributed by atoms with Gasteiger partial charge in [0.15, 0.2) is 0 Å². The number of carbonyl (C=O) groups is 1. The maximum atomic E-state index is 15.2. The van der Waals surface area contributed by atoms with Crippen LogP contribution in [0, 0.1) is 17.8 Å². The van der Waals surface area contributed by atoms with Crippen molar-refractivity contribution in [1.29, 1.82) is 0 Å². The minimum atomic E-state index is -5.07. The van der Waals surface area contributed by atoms with Crippen molar-refractivity contribution in [2.24, 2.45) is 5.92 Å². The zero-order chi connectivity index (χ0) is 29.1. The summed E-state index contributed by atoms with van der Waals surface area (Å²) in [6, 6.07) is 32.5. The first kappa shape index (κ1) is 28.3. The van der Waals surface area contributed by atoms with Crippen molar-refractivity contribution in [3.05, 3.63) is 136 Å². The minimum Gasteiger partial charge on any atom is -0.431 e. The largest absolute Gasteiger partial charge is 0.445 e. The van der Waals surface area contributed by atoms with Crippen molar-refractivity contribution in [3.63, 3.8) is 0 Å². The maximum Gasteiger partial charge on any atom is 0.445 e. The van der Waals surface area contributed by atoms with Crippen LogP contribution in [0.1, 0.15) is 42.0 Å². The molecule has 1 saturated carbocycles. The molecule has 0 spiro atoms. The molecule has 1 aliphatic rings. The molecule has 1 unspecified atom stereocenters. The third-order valence-electron chi connectivity index (χ3n) is 7.03. The van der Waals surface area contributed by atoms with E-state index < -0.39 is 28.8 Å². The molecule has 7 heteroatoms. The van der Waals surface area contributed by atoms with Crippen molar-refractivity contribution in [1.82, 2.24) is 0 Å². The van der Waals surface area contributed by atoms with Gasteiger partial charge in [0, 0.05) is 29.1 Å². The number of hydrogen-bond donors (Lipinski definition) is 1. The number of ether oxygens (including phenoxy) is 1. The van der Waals surface area contributed by atoms with Gasteiger partial charge in [-0.25, -0.2) is 0 Å². The summed E-state index contributed by atoms with van der Waals surface area (Å²) in [6.07, 6.45) is -3.68. The van der Waals surface area contributed by atoms with E-state index in [4.69, 9.17) is 16.3 Å². The predicted octanol–water partition coefficient (Wildman–Crippen LogP) is 8.48. The molecule has 0 amide bonds. The number of rotatable bonds is 7. The van der Waals surface area contributed by atoms with Gasteiger partial charge >= 0.3 is 12.1 Å². The van der Waals surface area contributed by atoms with E-state index in [0.717, 1.165) is 23.6 Å². The van der Waals surface area contributed by atoms with E-state index in [2.05, 4.69) is 17.2 Å². The standard InChI is InChI=1S/C34H27ClF3NO2/c1-24(40)41-32(34(36,37)38,22-21-25-17-18-25)30-23-29(35)19-20-31(30)39-33(26-11-5-2-6-12-26,27-13-7-3-8-14-27)28-15-9-4-10-16-28/h2-16,19-20,23,25,39H,17-18H2,1H3. The molecule has 41 heavy (non-hydrogen) atoms. The van der Waals surface area contributed by atoms with E-state index in [9.17, 15) is 4.79 Å². The Balaban J connectivity index is 1.83. The second kappa shape index (κ2) is 11.3. The van der Waals surface area contributed by atoms with Crippen LogP contribution in [-0.2, 0) is 20.7 Å². The van der Waals surface area contributed by atoms with E-state index in [1.165, 1.54) is 18.2 Å². The van der Waals surface area contributed by atoms with Crippen LogP contribution in [0.5, 0.6) is 0 Å². The molecule has 4 aromatic rings. The molecule has 0 heterocycles. The Bertz CT molecular complexity index is 1480. The van der Waals surface area contributed by atoms with Gasteiger partial charge in [-0.05, 0) is 53.7 Å². The van der Waals surface area contributed by atoms with Gasteiger partial charge in [-0.2, -0.15) is 13.2 Å². The Labute approximate surface area is 242 Å². The highest BCUT2D eigenvalue weighted by Crippen LogP contribution is 2.49. The van der Waals surface area contributed by atoms with E-state index >= 15 is 13.2 Å². The Morgan fingerprint density at radius 3 is 1.73 bits per heavy atom. The van der Waals surface area contributed by atoms with Crippen LogP contribution in [0.25, 0.3) is 0 Å². The Kier molecular flexibility index (Phi) is 7.84. The highest BCUT2D eigenvalue weighted by atomic mass is 35.5. The summed E-state index contributed by atoms with van der Waals surface area (Å²) >= 11 is 6.32. The summed E-state index contributed by atoms with van der Waals surface area (Å²) in [4.78, 5) is 12.2. The summed E-state index contributed by atoms with van der Waals surface area (Å²) in [6.45, 7) is 0.944. The minimum absolute atomic E-state index is 0.0456. The van der Waals surface area contributed by atoms with Crippen LogP contribution in [-0.4, -0.2) is 12.1 Å². The maximum absolute atomic E-state index is 15.2. The zero-order valence-corrected chi connectivity index (χ0v) is 23.0. The molecular weight excluding hydrogens is 547 g/mol. The van der Waals surface area contributed by atoms with Gasteiger partial charge < -0.3 is 10.1 Å². The first-order valence-electron chi connectivity index (χ1n) is 13.2. The molecule has 5 rings (SSSR count). The lowest BCUT2D eigenvalue weighted by atomic mass is 9.76. The Morgan fingerprint density at radius 1 is 0.829 bits per heavy atom. The van der Waals surface area contributed by atoms with Crippen molar-refractivity contribution in [3.8, 4) is 11.8 Å². The van der Waals surface area contributed by atoms with Gasteiger partial charge in [0.1, 0.15) is 5.54 Å². The van der Waals surface area contributed by atoms with Crippen LogP contribution >= 0.6 is 11.6 Å². The second-order valence-corrected chi connectivity index (χ2v) is 10.4. The second-order valence-electron chi connectivity index (χ2n) is 9.98. The molecule has 4 aromatic carbocycles. The Hall–Kier alpha value is -4.21. The molecule has 0 bridgehead atoms. The fourth-order valence-electron chi connectivity index (χ4n) is 4.98. The summed E-state index contributed by atoms with van der Waals surface area (Å²) < 4.78 is 50.6. The van der Waals surface area contributed by atoms with Gasteiger partial charge in [0.05, 0.1) is 0 Å². The quantitative estimate of drug-likeness (QED) is 0.137. The van der Waals surface area contributed by atoms with Crippen molar-refractivity contribution in [2.75, 3.05) is 5.32 Å². The number of esters is 1. The monoisotopic (exact) mass is 573 g/mol. The predicted molar refractivity (Wildman–Crippen MR) is 154 cm³/mol. The number of carbonyl (C=O) groups excluding carboxylic acids is 1. The average Bonchev–Trinajstić information content (AvgIpc) is 3.80. The normalized spacial score (nSPS) is 14.8. The van der Waals surface area contributed by atoms with E-state index in [1.807, 2.05) is 91.0 Å². The molecule has 1 N–H and O–H groups in total. The van der Waals surface area contributed by atoms with Gasteiger partial charge in [-0.1, -0.05) is 109 Å². The molecular formula is C34H27ClF3NO2. The lowest BCUT2D eigenvalue weighted by Gasteiger charge is -2.40. The van der Waals surface area contributed by atoms with Gasteiger partial charge in [0.2, 0.25) is 0 Å². The third-order valence-corrected chi connectivity index (χ3v) is 7.26. The van der Waals surface area contributed by atoms with Crippen LogP contribution in [0.15, 0.2) is 109 Å². The number of benzene rings is 4. The summed E-state index contributed by atoms with van der Waals surface area (Å²) in [5.41, 5.74) is -2.37. The van der Waals surface area contributed by atoms with Crippen LogP contribution in [0.2, 0.25) is 5.02 Å². The highest BCUT2D eigenvalue weighted by molar-refractivity contribution is 6.30. The number of nitrogens with one attached hydrogen (secondary N) is 1. The molecule has 0 radical (unpaired) electrons. The topological polar surface area (TPSA) is 38.3 Å². The highest BCUT2D eigenvalue weighted by Gasteiger charge is 2.60. The van der Waals surface area contributed by atoms with Crippen molar-refractivity contribution >= 4 is 23.3 Å². The fourth-order valence-corrected chi connectivity index (χ4v) is 5.15. The lowest BCUT2D eigenvalue weighted by Crippen LogP contribution is -2.46. The van der Waals surface area contributed by atoms with E-state index in [0.29, 0.717) is 12.8 Å². The molecule has 1 atom stereocenters. The van der Waals surface area contributed by atoms with E-state index in [-0.39, 0.29) is 16.6 Å². The smallest absolute Gasteiger partial charge is 0.431 e. The first-order valence-corrected chi connectivity index (χ1v) is 13.6. The number of halogens is 4. The lowest BCUT2D eigenvalue weighted by molar-refractivity contribution is -0.252. The van der Waals surface area contributed by atoms with Crippen LogP contribution < -0.4 is 5.32 Å². The van der Waals surface area contributed by atoms with Crippen LogP contribution in [0.4, 0.5) is 18.9 Å². The molecule has 0 aromatic heterocycles. The molecule has 3 nitrogen and oxygen atoms in total. The zero-order valence-electron chi connectivity index (χ0n) is 22.2. The van der Waals surface area contributed by atoms with Gasteiger partial charge in [-0.3, -0.25) is 4.79 Å². The average molecular weight is 574 g/mol. The summed E-state index contributed by atoms with van der Waals surface area (Å²) in [5.74, 6) is 3.74. The SMILES string of the molecule is CC(=O)OC(C#CC1CC1)(c1cc(Cl)ccc1NC(c1ccccc1)(c1ccccc1)c1ccccc1)C(F)(F)F. The fraction of sp³-hybridized carbons (Fsp3) is 0.206. The van der Waals surface area contributed by atoms with Gasteiger partial charge in [0.25, 0.3) is 5.60 Å². The summed E-state index contributed by atoms with van der Waals surface area (Å²) in [5, 5.41) is 3.52. The Morgan fingerprint density at radius 2 is 1.32 bits per heavy atom. The first-order chi connectivity index (χ1) is 19.7. The molecule has 0 saturated heterocycles. The van der Waals surface area contributed by atoms with Crippen molar-refractivity contribution in [2.45, 2.75) is 37.1 Å². The van der Waals surface area contributed by atoms with E-state index in [1.54, 1.807) is 0 Å². The van der Waals surface area contributed by atoms with Crippen LogP contribution in [0.3, 0.4) is 0 Å². The van der Waals surface area contributed by atoms with Gasteiger partial charge in [-0.15, -0.1) is 0 Å². The number of alkyl halides is 3. The number of anilines is 1. The molecule has 1 aliphatic carbocycles. The molecule has 0 aliphatic heterocycles. The van der Waals surface area contributed by atoms with Crippen molar-refractivity contribution < 1.29 is 22.7 Å². The molecule has 208 valence electrons. The third kappa shape index (κ3) is 5.68. The number of hydrogen-bond acceptors (Lipinski definition) is 3. The molecule has 1 fully saturated rings. The summed E-state index contributed by atoms with van der Waals surface area (Å²) in [7, 11) is 0.